The van der Waals surface area contributed by atoms with Crippen molar-refractivity contribution in [3.05, 3.63) is 80.5 Å². The zero-order chi connectivity index (χ0) is 17.8. The molecule has 0 N–H and O–H groups in total. The van der Waals surface area contributed by atoms with Crippen LogP contribution >= 0.6 is 23.2 Å². The van der Waals surface area contributed by atoms with Crippen LogP contribution in [0.4, 0.5) is 5.69 Å². The maximum absolute atomic E-state index is 11.2. The molecule has 3 aromatic rings. The van der Waals surface area contributed by atoms with Gasteiger partial charge in [0.2, 0.25) is 0 Å². The molecule has 0 fully saturated rings. The van der Waals surface area contributed by atoms with Crippen molar-refractivity contribution in [3.8, 4) is 11.3 Å². The van der Waals surface area contributed by atoms with Crippen molar-refractivity contribution in [2.24, 2.45) is 0 Å². The van der Waals surface area contributed by atoms with Gasteiger partial charge in [-0.25, -0.2) is 4.68 Å². The monoisotopic (exact) mass is 374 g/mol. The third-order valence-electron chi connectivity index (χ3n) is 3.49. The molecule has 0 atom stereocenters. The van der Waals surface area contributed by atoms with Gasteiger partial charge in [-0.15, -0.1) is 5.10 Å². The molecule has 8 heteroatoms. The summed E-state index contributed by atoms with van der Waals surface area (Å²) in [6, 6.07) is 14.2. The first-order valence-corrected chi connectivity index (χ1v) is 8.07. The third kappa shape index (κ3) is 3.70. The molecule has 0 radical (unpaired) electrons. The molecule has 6 nitrogen and oxygen atoms in total. The maximum atomic E-state index is 11.2. The average molecular weight is 375 g/mol. The van der Waals surface area contributed by atoms with Gasteiger partial charge in [-0.1, -0.05) is 77.0 Å². The average Bonchev–Trinajstić information content (AvgIpc) is 2.96. The maximum Gasteiger partial charge on any atom is 0.280 e. The molecule has 0 aliphatic carbocycles. The van der Waals surface area contributed by atoms with E-state index in [4.69, 9.17) is 23.2 Å². The smallest absolute Gasteiger partial charge is 0.258 e. The number of nitro benzene ring substituents is 1. The van der Waals surface area contributed by atoms with Gasteiger partial charge in [0.05, 0.1) is 16.5 Å². The number of allylic oxidation sites excluding steroid dienone is 1. The highest BCUT2D eigenvalue weighted by atomic mass is 35.5. The van der Waals surface area contributed by atoms with Crippen molar-refractivity contribution >= 4 is 35.0 Å². The van der Waals surface area contributed by atoms with Crippen LogP contribution in [-0.4, -0.2) is 19.9 Å². The van der Waals surface area contributed by atoms with Crippen LogP contribution in [0.25, 0.3) is 17.3 Å². The van der Waals surface area contributed by atoms with Crippen molar-refractivity contribution in [3.63, 3.8) is 0 Å². The minimum absolute atomic E-state index is 0.164. The molecule has 0 bridgehead atoms. The molecular weight excluding hydrogens is 363 g/mol. The van der Waals surface area contributed by atoms with Gasteiger partial charge in [-0.2, -0.15) is 0 Å². The lowest BCUT2D eigenvalue weighted by atomic mass is 10.1. The highest BCUT2D eigenvalue weighted by Gasteiger charge is 2.24. The fraction of sp³-hybridized carbons (Fsp3) is 0.0588. The quantitative estimate of drug-likeness (QED) is 0.471. The van der Waals surface area contributed by atoms with E-state index in [1.54, 1.807) is 6.07 Å². The molecule has 0 saturated carbocycles. The lowest BCUT2D eigenvalue weighted by molar-refractivity contribution is -0.384. The molecule has 1 aromatic heterocycles. The van der Waals surface area contributed by atoms with Gasteiger partial charge >= 0.3 is 0 Å². The molecule has 0 unspecified atom stereocenters. The lowest BCUT2D eigenvalue weighted by Crippen LogP contribution is -1.97. The summed E-state index contributed by atoms with van der Waals surface area (Å²) in [6.07, 6.45) is 3.80. The Morgan fingerprint density at radius 3 is 2.60 bits per heavy atom. The van der Waals surface area contributed by atoms with Gasteiger partial charge in [0.25, 0.3) is 5.69 Å². The Balaban J connectivity index is 1.90. The second kappa shape index (κ2) is 7.46. The topological polar surface area (TPSA) is 73.8 Å². The zero-order valence-electron chi connectivity index (χ0n) is 12.8. The fourth-order valence-electron chi connectivity index (χ4n) is 2.32. The summed E-state index contributed by atoms with van der Waals surface area (Å²) in [5.74, 6) is 0. The second-order valence-corrected chi connectivity index (χ2v) is 5.88. The second-order valence-electron chi connectivity index (χ2n) is 5.12. The van der Waals surface area contributed by atoms with E-state index in [0.29, 0.717) is 6.54 Å². The van der Waals surface area contributed by atoms with E-state index in [1.807, 2.05) is 42.5 Å². The first-order chi connectivity index (χ1) is 12.1. The normalized spacial score (nSPS) is 11.1. The Morgan fingerprint density at radius 1 is 1.12 bits per heavy atom. The predicted octanol–water partition coefficient (Wildman–Crippen LogP) is 4.87. The molecule has 0 saturated heterocycles. The summed E-state index contributed by atoms with van der Waals surface area (Å²) in [4.78, 5) is 10.7. The van der Waals surface area contributed by atoms with E-state index < -0.39 is 4.92 Å². The molecule has 0 aliphatic heterocycles. The van der Waals surface area contributed by atoms with E-state index in [-0.39, 0.29) is 27.1 Å². The van der Waals surface area contributed by atoms with Crippen molar-refractivity contribution in [2.45, 2.75) is 6.54 Å². The van der Waals surface area contributed by atoms with Crippen LogP contribution in [0.15, 0.2) is 54.6 Å². The van der Waals surface area contributed by atoms with Gasteiger partial charge in [0.15, 0.2) is 5.15 Å². The summed E-state index contributed by atoms with van der Waals surface area (Å²) in [5, 5.41) is 19.6. The molecule has 25 heavy (non-hydrogen) atoms. The van der Waals surface area contributed by atoms with Crippen molar-refractivity contribution in [1.82, 2.24) is 15.0 Å². The number of nitro groups is 1. The number of rotatable bonds is 5. The van der Waals surface area contributed by atoms with Crippen LogP contribution in [0.2, 0.25) is 10.2 Å². The van der Waals surface area contributed by atoms with Crippen LogP contribution in [0.5, 0.6) is 0 Å². The summed E-state index contributed by atoms with van der Waals surface area (Å²) in [5.41, 5.74) is 1.23. The molecule has 126 valence electrons. The Bertz CT molecular complexity index is 939. The van der Waals surface area contributed by atoms with Gasteiger partial charge in [-0.3, -0.25) is 10.1 Å². The summed E-state index contributed by atoms with van der Waals surface area (Å²) in [6.45, 7) is 0.374. The largest absolute Gasteiger partial charge is 0.280 e. The summed E-state index contributed by atoms with van der Waals surface area (Å²) >= 11 is 12.4. The van der Waals surface area contributed by atoms with Crippen LogP contribution in [0.1, 0.15) is 5.56 Å². The standard InChI is InChI=1S/C17H12Cl2N4O2/c18-13-9-4-10-14(23(24)25)15(13)16-17(19)22(21-20-16)11-5-8-12-6-2-1-3-7-12/h1-10H,11H2/b8-5+. The molecule has 0 aliphatic rings. The van der Waals surface area contributed by atoms with Crippen LogP contribution in [0, 0.1) is 10.1 Å². The number of hydrogen-bond acceptors (Lipinski definition) is 4. The Hall–Kier alpha value is -2.70. The Kier molecular flexibility index (Phi) is 5.11. The van der Waals surface area contributed by atoms with E-state index in [1.165, 1.54) is 16.8 Å². The lowest BCUT2D eigenvalue weighted by Gasteiger charge is -2.03. The molecule has 0 amide bonds. The van der Waals surface area contributed by atoms with Gasteiger partial charge in [-0.05, 0) is 11.6 Å². The zero-order valence-corrected chi connectivity index (χ0v) is 14.4. The first-order valence-electron chi connectivity index (χ1n) is 7.32. The SMILES string of the molecule is O=[N+]([O-])c1cccc(Cl)c1-c1nnn(C/C=C/c2ccccc2)c1Cl. The molecular formula is C17H12Cl2N4O2. The molecule has 3 rings (SSSR count). The highest BCUT2D eigenvalue weighted by molar-refractivity contribution is 6.36. The number of benzene rings is 2. The van der Waals surface area contributed by atoms with Gasteiger partial charge < -0.3 is 0 Å². The van der Waals surface area contributed by atoms with E-state index in [9.17, 15) is 10.1 Å². The number of hydrogen-bond donors (Lipinski definition) is 0. The predicted molar refractivity (Wildman–Crippen MR) is 97.6 cm³/mol. The Morgan fingerprint density at radius 2 is 1.88 bits per heavy atom. The van der Waals surface area contributed by atoms with E-state index in [2.05, 4.69) is 10.3 Å². The molecule has 0 spiro atoms. The highest BCUT2D eigenvalue weighted by Crippen LogP contribution is 2.38. The minimum Gasteiger partial charge on any atom is -0.258 e. The summed E-state index contributed by atoms with van der Waals surface area (Å²) < 4.78 is 1.45. The molecule has 1 heterocycles. The Labute approximate surface area is 153 Å². The van der Waals surface area contributed by atoms with Crippen LogP contribution < -0.4 is 0 Å². The molecule has 2 aromatic carbocycles. The minimum atomic E-state index is -0.522. The van der Waals surface area contributed by atoms with Crippen molar-refractivity contribution in [1.29, 1.82) is 0 Å². The van der Waals surface area contributed by atoms with Crippen LogP contribution in [-0.2, 0) is 6.54 Å². The fourth-order valence-corrected chi connectivity index (χ4v) is 2.82. The van der Waals surface area contributed by atoms with E-state index >= 15 is 0 Å². The van der Waals surface area contributed by atoms with Crippen molar-refractivity contribution < 1.29 is 4.92 Å². The number of halogens is 2. The summed E-state index contributed by atoms with van der Waals surface area (Å²) in [7, 11) is 0. The van der Waals surface area contributed by atoms with Crippen molar-refractivity contribution in [2.75, 3.05) is 0 Å². The third-order valence-corrected chi connectivity index (χ3v) is 4.18. The van der Waals surface area contributed by atoms with Gasteiger partial charge in [0, 0.05) is 6.07 Å². The van der Waals surface area contributed by atoms with Crippen LogP contribution in [0.3, 0.4) is 0 Å². The van der Waals surface area contributed by atoms with Gasteiger partial charge in [0.1, 0.15) is 11.3 Å². The van der Waals surface area contributed by atoms with E-state index in [0.717, 1.165) is 5.56 Å². The number of aromatic nitrogens is 3. The number of nitrogens with zero attached hydrogens (tertiary/aromatic N) is 4. The first kappa shape index (κ1) is 17.1.